The van der Waals surface area contributed by atoms with E-state index in [9.17, 15) is 0 Å². The third-order valence-corrected chi connectivity index (χ3v) is 2.71. The Bertz CT molecular complexity index is 528. The fourth-order valence-electron chi connectivity index (χ4n) is 1.83. The second kappa shape index (κ2) is 4.57. The van der Waals surface area contributed by atoms with Gasteiger partial charge in [0.1, 0.15) is 0 Å². The second-order valence-corrected chi connectivity index (χ2v) is 4.20. The topological polar surface area (TPSA) is 42.7 Å². The third kappa shape index (κ3) is 2.46. The van der Waals surface area contributed by atoms with Gasteiger partial charge in [-0.1, -0.05) is 0 Å². The molecule has 0 saturated carbocycles. The van der Waals surface area contributed by atoms with Gasteiger partial charge in [-0.05, 0) is 39.8 Å². The molecule has 0 bridgehead atoms. The molecule has 0 aliphatic heterocycles. The van der Waals surface area contributed by atoms with Gasteiger partial charge >= 0.3 is 0 Å². The number of imidazole rings is 1. The highest BCUT2D eigenvalue weighted by atomic mass is 15.2. The van der Waals surface area contributed by atoms with Gasteiger partial charge in [0.25, 0.3) is 0 Å². The van der Waals surface area contributed by atoms with Crippen molar-refractivity contribution in [2.24, 2.45) is 0 Å². The molecule has 0 aliphatic carbocycles. The molecule has 0 radical (unpaired) electrons. The number of aromatic nitrogens is 3. The van der Waals surface area contributed by atoms with Crippen LogP contribution in [0.1, 0.15) is 24.0 Å². The van der Waals surface area contributed by atoms with Crippen LogP contribution in [-0.4, -0.2) is 14.5 Å². The van der Waals surface area contributed by atoms with E-state index in [0.717, 1.165) is 35.3 Å². The van der Waals surface area contributed by atoms with Crippen LogP contribution in [0.25, 0.3) is 0 Å². The summed E-state index contributed by atoms with van der Waals surface area (Å²) in [6, 6.07) is 4.04. The smallest absolute Gasteiger partial charge is 0.207 e. The van der Waals surface area contributed by atoms with Gasteiger partial charge in [0.2, 0.25) is 5.95 Å². The molecular weight excluding hydrogens is 212 g/mol. The molecule has 0 aliphatic rings. The summed E-state index contributed by atoms with van der Waals surface area (Å²) in [5.41, 5.74) is 4.05. The van der Waals surface area contributed by atoms with Crippen LogP contribution in [0.3, 0.4) is 0 Å². The van der Waals surface area contributed by atoms with E-state index in [4.69, 9.17) is 0 Å². The van der Waals surface area contributed by atoms with E-state index in [-0.39, 0.29) is 0 Å². The molecule has 4 nitrogen and oxygen atoms in total. The van der Waals surface area contributed by atoms with Crippen molar-refractivity contribution in [2.45, 2.75) is 34.2 Å². The highest BCUT2D eigenvalue weighted by molar-refractivity contribution is 5.56. The van der Waals surface area contributed by atoms with Crippen LogP contribution in [0, 0.1) is 20.8 Å². The maximum Gasteiger partial charge on any atom is 0.207 e. The number of anilines is 2. The number of aryl methyl sites for hydroxylation is 4. The molecule has 2 aromatic rings. The predicted octanol–water partition coefficient (Wildman–Crippen LogP) is 2.97. The SMILES string of the molecule is CCn1cc(C)nc1Nc1ccc(C)nc1C. The minimum Gasteiger partial charge on any atom is -0.324 e. The lowest BCUT2D eigenvalue weighted by atomic mass is 10.3. The Morgan fingerprint density at radius 2 is 1.88 bits per heavy atom. The Morgan fingerprint density at radius 1 is 1.12 bits per heavy atom. The molecule has 17 heavy (non-hydrogen) atoms. The van der Waals surface area contributed by atoms with Crippen LogP contribution in [-0.2, 0) is 6.54 Å². The quantitative estimate of drug-likeness (QED) is 0.881. The molecule has 0 spiro atoms. The summed E-state index contributed by atoms with van der Waals surface area (Å²) in [4.78, 5) is 8.90. The van der Waals surface area contributed by atoms with Crippen molar-refractivity contribution < 1.29 is 0 Å². The van der Waals surface area contributed by atoms with E-state index < -0.39 is 0 Å². The molecule has 0 amide bonds. The highest BCUT2D eigenvalue weighted by Crippen LogP contribution is 2.19. The normalized spacial score (nSPS) is 10.6. The zero-order valence-corrected chi connectivity index (χ0v) is 10.8. The van der Waals surface area contributed by atoms with Gasteiger partial charge < -0.3 is 9.88 Å². The van der Waals surface area contributed by atoms with Gasteiger partial charge in [-0.15, -0.1) is 0 Å². The number of rotatable bonds is 3. The largest absolute Gasteiger partial charge is 0.324 e. The zero-order valence-electron chi connectivity index (χ0n) is 10.8. The van der Waals surface area contributed by atoms with Gasteiger partial charge in [-0.25, -0.2) is 4.98 Å². The van der Waals surface area contributed by atoms with E-state index in [2.05, 4.69) is 26.8 Å². The van der Waals surface area contributed by atoms with Crippen molar-refractivity contribution in [3.8, 4) is 0 Å². The standard InChI is InChI=1S/C13H18N4/c1-5-17-8-10(3)15-13(17)16-12-7-6-9(2)14-11(12)4/h6-8H,5H2,1-4H3,(H,15,16). The van der Waals surface area contributed by atoms with Crippen LogP contribution in [0.15, 0.2) is 18.3 Å². The molecule has 90 valence electrons. The number of hydrogen-bond donors (Lipinski definition) is 1. The van der Waals surface area contributed by atoms with Crippen LogP contribution in [0.5, 0.6) is 0 Å². The summed E-state index contributed by atoms with van der Waals surface area (Å²) in [6.45, 7) is 9.00. The van der Waals surface area contributed by atoms with Crippen molar-refractivity contribution in [1.82, 2.24) is 14.5 Å². The maximum atomic E-state index is 4.46. The van der Waals surface area contributed by atoms with Gasteiger partial charge in [0, 0.05) is 18.4 Å². The second-order valence-electron chi connectivity index (χ2n) is 4.20. The van der Waals surface area contributed by atoms with E-state index in [1.807, 2.05) is 39.1 Å². The lowest BCUT2D eigenvalue weighted by molar-refractivity contribution is 0.771. The van der Waals surface area contributed by atoms with Crippen molar-refractivity contribution in [2.75, 3.05) is 5.32 Å². The molecule has 2 rings (SSSR count). The molecular formula is C13H18N4. The van der Waals surface area contributed by atoms with Crippen molar-refractivity contribution >= 4 is 11.6 Å². The molecule has 0 saturated heterocycles. The molecule has 0 unspecified atom stereocenters. The van der Waals surface area contributed by atoms with Crippen LogP contribution < -0.4 is 5.32 Å². The van der Waals surface area contributed by atoms with Gasteiger partial charge in [0.15, 0.2) is 0 Å². The van der Waals surface area contributed by atoms with Gasteiger partial charge in [-0.2, -0.15) is 0 Å². The summed E-state index contributed by atoms with van der Waals surface area (Å²) >= 11 is 0. The maximum absolute atomic E-state index is 4.46. The first-order valence-corrected chi connectivity index (χ1v) is 5.85. The average Bonchev–Trinajstić information content (AvgIpc) is 2.63. The summed E-state index contributed by atoms with van der Waals surface area (Å²) in [5.74, 6) is 0.874. The minimum atomic E-state index is 0.874. The average molecular weight is 230 g/mol. The minimum absolute atomic E-state index is 0.874. The number of nitrogens with one attached hydrogen (secondary N) is 1. The Hall–Kier alpha value is -1.84. The van der Waals surface area contributed by atoms with Crippen molar-refractivity contribution in [3.05, 3.63) is 35.4 Å². The van der Waals surface area contributed by atoms with Crippen molar-refractivity contribution in [1.29, 1.82) is 0 Å². The van der Waals surface area contributed by atoms with E-state index in [1.165, 1.54) is 0 Å². The Labute approximate surface area is 102 Å². The zero-order chi connectivity index (χ0) is 12.4. The van der Waals surface area contributed by atoms with Crippen LogP contribution in [0.4, 0.5) is 11.6 Å². The lowest BCUT2D eigenvalue weighted by Gasteiger charge is -2.10. The van der Waals surface area contributed by atoms with E-state index >= 15 is 0 Å². The summed E-state index contributed by atoms with van der Waals surface area (Å²) in [7, 11) is 0. The monoisotopic (exact) mass is 230 g/mol. The van der Waals surface area contributed by atoms with Gasteiger partial charge in [-0.3, -0.25) is 4.98 Å². The first-order chi connectivity index (χ1) is 8.10. The Balaban J connectivity index is 2.30. The molecule has 1 N–H and O–H groups in total. The fourth-order valence-corrected chi connectivity index (χ4v) is 1.83. The highest BCUT2D eigenvalue weighted by Gasteiger charge is 2.06. The molecule has 4 heteroatoms. The first-order valence-electron chi connectivity index (χ1n) is 5.85. The van der Waals surface area contributed by atoms with Crippen LogP contribution in [0.2, 0.25) is 0 Å². The van der Waals surface area contributed by atoms with Crippen molar-refractivity contribution in [3.63, 3.8) is 0 Å². The Kier molecular flexibility index (Phi) is 3.13. The molecule has 0 fully saturated rings. The fraction of sp³-hybridized carbons (Fsp3) is 0.385. The third-order valence-electron chi connectivity index (χ3n) is 2.71. The summed E-state index contributed by atoms with van der Waals surface area (Å²) in [6.07, 6.45) is 2.04. The lowest BCUT2D eigenvalue weighted by Crippen LogP contribution is -2.03. The number of pyridine rings is 1. The summed E-state index contributed by atoms with van der Waals surface area (Å²) < 4.78 is 2.09. The van der Waals surface area contributed by atoms with E-state index in [0.29, 0.717) is 0 Å². The van der Waals surface area contributed by atoms with E-state index in [1.54, 1.807) is 0 Å². The van der Waals surface area contributed by atoms with Gasteiger partial charge in [0.05, 0.1) is 17.1 Å². The number of nitrogens with zero attached hydrogens (tertiary/aromatic N) is 3. The predicted molar refractivity (Wildman–Crippen MR) is 69.6 cm³/mol. The summed E-state index contributed by atoms with van der Waals surface area (Å²) in [5, 5.41) is 3.33. The molecule has 0 aromatic carbocycles. The molecule has 0 atom stereocenters. The first kappa shape index (κ1) is 11.6. The number of hydrogen-bond acceptors (Lipinski definition) is 3. The Morgan fingerprint density at radius 3 is 2.53 bits per heavy atom. The molecule has 2 aromatic heterocycles. The molecule has 2 heterocycles. The van der Waals surface area contributed by atoms with Crippen LogP contribution >= 0.6 is 0 Å².